The monoisotopic (exact) mass is 488 g/mol. The molecule has 36 heavy (non-hydrogen) atoms. The van der Waals surface area contributed by atoms with Crippen LogP contribution in [0.3, 0.4) is 0 Å². The summed E-state index contributed by atoms with van der Waals surface area (Å²) in [5.41, 5.74) is 6.81. The summed E-state index contributed by atoms with van der Waals surface area (Å²) in [5, 5.41) is 9.94. The van der Waals surface area contributed by atoms with E-state index in [4.69, 9.17) is 0 Å². The molecule has 6 rings (SSSR count). The highest BCUT2D eigenvalue weighted by Crippen LogP contribution is 2.37. The van der Waals surface area contributed by atoms with Gasteiger partial charge in [0, 0.05) is 17.9 Å². The van der Waals surface area contributed by atoms with Crippen LogP contribution in [0.25, 0.3) is 0 Å². The average molecular weight is 489 g/mol. The van der Waals surface area contributed by atoms with Gasteiger partial charge in [-0.05, 0) is 47.5 Å². The van der Waals surface area contributed by atoms with Gasteiger partial charge in [-0.1, -0.05) is 60.7 Å². The van der Waals surface area contributed by atoms with Gasteiger partial charge in [0.2, 0.25) is 0 Å². The second-order valence-electron chi connectivity index (χ2n) is 8.37. The maximum atomic E-state index is 12.8. The summed E-state index contributed by atoms with van der Waals surface area (Å²) in [6, 6.07) is 30.1. The topological polar surface area (TPSA) is 56.4 Å². The molecule has 1 amide bonds. The summed E-state index contributed by atoms with van der Waals surface area (Å²) in [7, 11) is 0. The fourth-order valence-corrected chi connectivity index (χ4v) is 4.21. The summed E-state index contributed by atoms with van der Waals surface area (Å²) < 4.78 is 38.5. The molecule has 2 aliphatic heterocycles. The molecule has 0 spiro atoms. The number of hydrogen-bond acceptors (Lipinski definition) is 4. The van der Waals surface area contributed by atoms with Crippen LogP contribution < -0.4 is 20.9 Å². The van der Waals surface area contributed by atoms with Gasteiger partial charge in [-0.2, -0.15) is 13.2 Å². The van der Waals surface area contributed by atoms with Crippen molar-refractivity contribution >= 4 is 40.0 Å². The van der Waals surface area contributed by atoms with E-state index in [0.717, 1.165) is 22.8 Å². The van der Waals surface area contributed by atoms with E-state index in [0.29, 0.717) is 16.9 Å². The van der Waals surface area contributed by atoms with E-state index in [2.05, 4.69) is 52.3 Å². The lowest BCUT2D eigenvalue weighted by atomic mass is 10.1. The normalized spacial score (nSPS) is 13.4. The number of nitrogens with zero attached hydrogens (tertiary/aromatic N) is 1. The zero-order chi connectivity index (χ0) is 25.1. The van der Waals surface area contributed by atoms with Crippen LogP contribution in [0.15, 0.2) is 97.1 Å². The first-order valence-corrected chi connectivity index (χ1v) is 11.4. The first-order valence-electron chi connectivity index (χ1n) is 11.4. The quantitative estimate of drug-likeness (QED) is 0.245. The van der Waals surface area contributed by atoms with E-state index < -0.39 is 12.1 Å². The standard InChI is InChI=1S/C15H11F3N2O.C13H12N2/c16-15(17,18)14(21)20-9-10-5-1-2-6-11(10)19-12-7-3-4-8-13(12)20;1-2-6-11-10(5-1)9-14-12-7-3-4-8-13(12)15-11/h1-8,19H,9H2;1-8,14-15H,9H2. The fraction of sp³-hybridized carbons (Fsp3) is 0.107. The van der Waals surface area contributed by atoms with Crippen LogP contribution in [-0.2, 0) is 17.9 Å². The molecule has 0 saturated heterocycles. The molecule has 0 bridgehead atoms. The molecule has 0 radical (unpaired) electrons. The van der Waals surface area contributed by atoms with E-state index in [1.807, 2.05) is 12.1 Å². The van der Waals surface area contributed by atoms with Crippen LogP contribution >= 0.6 is 0 Å². The summed E-state index contributed by atoms with van der Waals surface area (Å²) in [6.45, 7) is 0.749. The van der Waals surface area contributed by atoms with E-state index in [9.17, 15) is 18.0 Å². The molecule has 0 aromatic heterocycles. The number of para-hydroxylation sites is 6. The van der Waals surface area contributed by atoms with Gasteiger partial charge in [-0.25, -0.2) is 0 Å². The Labute approximate surface area is 206 Å². The summed E-state index contributed by atoms with van der Waals surface area (Å²) in [4.78, 5) is 12.5. The Balaban J connectivity index is 0.000000156. The SMILES string of the molecule is O=C(N1Cc2ccccc2Nc2ccccc21)C(F)(F)F.c1ccc2c(c1)CNc1ccccc1N2. The van der Waals surface area contributed by atoms with Crippen molar-refractivity contribution in [3.63, 3.8) is 0 Å². The lowest BCUT2D eigenvalue weighted by molar-refractivity contribution is -0.170. The van der Waals surface area contributed by atoms with Crippen LogP contribution in [0.4, 0.5) is 47.3 Å². The molecule has 0 saturated carbocycles. The number of alkyl halides is 3. The van der Waals surface area contributed by atoms with Gasteiger partial charge >= 0.3 is 12.1 Å². The Kier molecular flexibility index (Phi) is 6.25. The van der Waals surface area contributed by atoms with Crippen molar-refractivity contribution in [1.82, 2.24) is 0 Å². The molecule has 3 N–H and O–H groups in total. The molecule has 2 aliphatic rings. The van der Waals surface area contributed by atoms with Crippen molar-refractivity contribution in [1.29, 1.82) is 0 Å². The maximum Gasteiger partial charge on any atom is 0.471 e. The summed E-state index contributed by atoms with van der Waals surface area (Å²) in [6.07, 6.45) is -4.91. The van der Waals surface area contributed by atoms with Crippen molar-refractivity contribution in [2.75, 3.05) is 20.9 Å². The van der Waals surface area contributed by atoms with Gasteiger partial charge in [0.1, 0.15) is 0 Å². The highest BCUT2D eigenvalue weighted by molar-refractivity contribution is 6.01. The largest absolute Gasteiger partial charge is 0.471 e. The van der Waals surface area contributed by atoms with Gasteiger partial charge in [-0.15, -0.1) is 0 Å². The molecule has 4 aromatic rings. The molecule has 8 heteroatoms. The first kappa shape index (κ1) is 23.3. The molecule has 4 aromatic carbocycles. The smallest absolute Gasteiger partial charge is 0.379 e. The zero-order valence-electron chi connectivity index (χ0n) is 19.1. The molecule has 182 valence electrons. The molecular weight excluding hydrogens is 465 g/mol. The molecule has 0 atom stereocenters. The number of hydrogen-bond donors (Lipinski definition) is 3. The van der Waals surface area contributed by atoms with Crippen molar-refractivity contribution in [2.24, 2.45) is 0 Å². The van der Waals surface area contributed by atoms with Crippen LogP contribution in [0.2, 0.25) is 0 Å². The van der Waals surface area contributed by atoms with Gasteiger partial charge in [0.25, 0.3) is 0 Å². The maximum absolute atomic E-state index is 12.8. The third-order valence-electron chi connectivity index (χ3n) is 5.98. The van der Waals surface area contributed by atoms with Crippen molar-refractivity contribution in [3.8, 4) is 0 Å². The number of carbonyl (C=O) groups excluding carboxylic acids is 1. The van der Waals surface area contributed by atoms with E-state index >= 15 is 0 Å². The zero-order valence-corrected chi connectivity index (χ0v) is 19.1. The van der Waals surface area contributed by atoms with E-state index in [1.54, 1.807) is 42.5 Å². The number of amides is 1. The Morgan fingerprint density at radius 3 is 1.83 bits per heavy atom. The number of halogens is 3. The van der Waals surface area contributed by atoms with Crippen molar-refractivity contribution < 1.29 is 18.0 Å². The van der Waals surface area contributed by atoms with Crippen LogP contribution in [0.5, 0.6) is 0 Å². The highest BCUT2D eigenvalue weighted by Gasteiger charge is 2.44. The van der Waals surface area contributed by atoms with Crippen molar-refractivity contribution in [3.05, 3.63) is 108 Å². The second kappa shape index (κ2) is 9.65. The van der Waals surface area contributed by atoms with Crippen molar-refractivity contribution in [2.45, 2.75) is 19.3 Å². The Bertz CT molecular complexity index is 1360. The van der Waals surface area contributed by atoms with E-state index in [-0.39, 0.29) is 12.2 Å². The average Bonchev–Trinajstić information content (AvgIpc) is 3.18. The van der Waals surface area contributed by atoms with E-state index in [1.165, 1.54) is 17.3 Å². The van der Waals surface area contributed by atoms with Gasteiger partial charge in [0.05, 0.1) is 29.3 Å². The third kappa shape index (κ3) is 4.84. The molecule has 0 unspecified atom stereocenters. The Morgan fingerprint density at radius 1 is 0.639 bits per heavy atom. The van der Waals surface area contributed by atoms with Crippen LogP contribution in [0, 0.1) is 0 Å². The minimum absolute atomic E-state index is 0.126. The number of rotatable bonds is 0. The number of carbonyl (C=O) groups is 1. The predicted molar refractivity (Wildman–Crippen MR) is 137 cm³/mol. The van der Waals surface area contributed by atoms with Gasteiger partial charge in [-0.3, -0.25) is 9.69 Å². The second-order valence-corrected chi connectivity index (χ2v) is 8.37. The number of benzene rings is 4. The minimum atomic E-state index is -4.91. The molecule has 0 aliphatic carbocycles. The molecule has 0 fully saturated rings. The van der Waals surface area contributed by atoms with Crippen LogP contribution in [0.1, 0.15) is 11.1 Å². The molecule has 5 nitrogen and oxygen atoms in total. The summed E-state index contributed by atoms with van der Waals surface area (Å²) in [5.74, 6) is -1.87. The molecular formula is C28H23F3N4O. The van der Waals surface area contributed by atoms with Gasteiger partial charge < -0.3 is 16.0 Å². The predicted octanol–water partition coefficient (Wildman–Crippen LogP) is 7.19. The first-order chi connectivity index (χ1) is 17.4. The Morgan fingerprint density at radius 2 is 1.14 bits per heavy atom. The lowest BCUT2D eigenvalue weighted by Gasteiger charge is -2.23. The third-order valence-corrected chi connectivity index (χ3v) is 5.98. The summed E-state index contributed by atoms with van der Waals surface area (Å²) >= 11 is 0. The fourth-order valence-electron chi connectivity index (χ4n) is 4.21. The lowest BCUT2D eigenvalue weighted by Crippen LogP contribution is -2.40. The highest BCUT2D eigenvalue weighted by atomic mass is 19.4. The van der Waals surface area contributed by atoms with Crippen LogP contribution in [-0.4, -0.2) is 12.1 Å². The number of anilines is 6. The number of fused-ring (bicyclic) bond motifs is 4. The molecule has 2 heterocycles. The minimum Gasteiger partial charge on any atom is -0.379 e. The number of nitrogens with one attached hydrogen (secondary N) is 3. The Hall–Kier alpha value is -4.46. The van der Waals surface area contributed by atoms with Gasteiger partial charge in [0.15, 0.2) is 0 Å².